The highest BCUT2D eigenvalue weighted by molar-refractivity contribution is 5.75. The minimum atomic E-state index is 0.617. The molecule has 0 aliphatic heterocycles. The molecule has 0 aliphatic rings. The maximum absolute atomic E-state index is 4.72. The van der Waals surface area contributed by atoms with E-state index >= 15 is 0 Å². The average Bonchev–Trinajstić information content (AvgIpc) is 3.14. The molecule has 0 atom stereocenters. The lowest BCUT2D eigenvalue weighted by Gasteiger charge is -2.17. The quantitative estimate of drug-likeness (QED) is 0.568. The SMILES string of the molecule is Cc1cc(C)n(-c2ccnc(N(C)Cc3nc4ccccc4n3C)n2)n1. The summed E-state index contributed by atoms with van der Waals surface area (Å²) < 4.78 is 3.94. The predicted molar refractivity (Wildman–Crippen MR) is 101 cm³/mol. The molecular formula is C19H21N7. The molecular weight excluding hydrogens is 326 g/mol. The minimum absolute atomic E-state index is 0.617. The van der Waals surface area contributed by atoms with E-state index in [2.05, 4.69) is 25.7 Å². The van der Waals surface area contributed by atoms with Crippen LogP contribution in [0.5, 0.6) is 0 Å². The van der Waals surface area contributed by atoms with Gasteiger partial charge >= 0.3 is 0 Å². The van der Waals surface area contributed by atoms with Crippen molar-refractivity contribution in [2.45, 2.75) is 20.4 Å². The van der Waals surface area contributed by atoms with Crippen LogP contribution in [0.1, 0.15) is 17.2 Å². The molecule has 0 unspecified atom stereocenters. The zero-order valence-corrected chi connectivity index (χ0v) is 15.4. The van der Waals surface area contributed by atoms with E-state index in [9.17, 15) is 0 Å². The van der Waals surface area contributed by atoms with Gasteiger partial charge in [0.15, 0.2) is 5.82 Å². The number of aromatic nitrogens is 6. The number of hydrogen-bond donors (Lipinski definition) is 0. The third-order valence-electron chi connectivity index (χ3n) is 4.45. The second-order valence-electron chi connectivity index (χ2n) is 6.49. The molecule has 1 aromatic carbocycles. The van der Waals surface area contributed by atoms with Gasteiger partial charge in [0.1, 0.15) is 5.82 Å². The number of aryl methyl sites for hydroxylation is 3. The van der Waals surface area contributed by atoms with E-state index in [4.69, 9.17) is 4.98 Å². The van der Waals surface area contributed by atoms with Crippen LogP contribution in [0.2, 0.25) is 0 Å². The summed E-state index contributed by atoms with van der Waals surface area (Å²) in [5.74, 6) is 2.37. The van der Waals surface area contributed by atoms with Gasteiger partial charge in [-0.25, -0.2) is 14.6 Å². The largest absolute Gasteiger partial charge is 0.336 e. The summed E-state index contributed by atoms with van der Waals surface area (Å²) in [5.41, 5.74) is 4.13. The standard InChI is InChI=1S/C19H21N7/c1-13-11-14(2)26(23-13)17-9-10-20-19(22-17)24(3)12-18-21-15-7-5-6-8-16(15)25(18)4/h5-11H,12H2,1-4H3. The maximum Gasteiger partial charge on any atom is 0.227 e. The van der Waals surface area contributed by atoms with E-state index in [1.54, 1.807) is 6.20 Å². The number of anilines is 1. The number of fused-ring (bicyclic) bond motifs is 1. The summed E-state index contributed by atoms with van der Waals surface area (Å²) in [7, 11) is 4.01. The van der Waals surface area contributed by atoms with E-state index in [1.807, 2.05) is 67.9 Å². The molecule has 7 heteroatoms. The number of para-hydroxylation sites is 2. The molecule has 3 aromatic heterocycles. The number of benzene rings is 1. The molecule has 0 radical (unpaired) electrons. The van der Waals surface area contributed by atoms with E-state index in [0.717, 1.165) is 34.1 Å². The van der Waals surface area contributed by atoms with Crippen molar-refractivity contribution in [1.29, 1.82) is 0 Å². The van der Waals surface area contributed by atoms with Crippen molar-refractivity contribution in [3.63, 3.8) is 0 Å². The molecule has 4 aromatic rings. The van der Waals surface area contributed by atoms with Gasteiger partial charge in [-0.15, -0.1) is 0 Å². The Morgan fingerprint density at radius 2 is 1.88 bits per heavy atom. The van der Waals surface area contributed by atoms with E-state index in [0.29, 0.717) is 12.5 Å². The molecule has 0 saturated heterocycles. The van der Waals surface area contributed by atoms with Crippen LogP contribution in [0.4, 0.5) is 5.95 Å². The zero-order valence-electron chi connectivity index (χ0n) is 15.4. The second kappa shape index (κ2) is 6.25. The number of rotatable bonds is 4. The van der Waals surface area contributed by atoms with Crippen LogP contribution < -0.4 is 4.90 Å². The summed E-state index contributed by atoms with van der Waals surface area (Å²) in [6, 6.07) is 12.0. The topological polar surface area (TPSA) is 64.7 Å². The lowest BCUT2D eigenvalue weighted by Crippen LogP contribution is -2.22. The van der Waals surface area contributed by atoms with E-state index in [-0.39, 0.29) is 0 Å². The average molecular weight is 347 g/mol. The fourth-order valence-electron chi connectivity index (χ4n) is 3.12. The van der Waals surface area contributed by atoms with Crippen LogP contribution in [0.3, 0.4) is 0 Å². The number of hydrogen-bond acceptors (Lipinski definition) is 5. The highest BCUT2D eigenvalue weighted by atomic mass is 15.3. The summed E-state index contributed by atoms with van der Waals surface area (Å²) >= 11 is 0. The predicted octanol–water partition coefficient (Wildman–Crippen LogP) is 2.80. The van der Waals surface area contributed by atoms with Crippen LogP contribution in [0, 0.1) is 13.8 Å². The smallest absolute Gasteiger partial charge is 0.227 e. The Labute approximate surface area is 151 Å². The molecule has 0 spiro atoms. The third kappa shape index (κ3) is 2.81. The number of imidazole rings is 1. The summed E-state index contributed by atoms with van der Waals surface area (Å²) in [4.78, 5) is 15.8. The molecule has 0 amide bonds. The van der Waals surface area contributed by atoms with Gasteiger partial charge in [0, 0.05) is 32.1 Å². The van der Waals surface area contributed by atoms with Gasteiger partial charge in [-0.3, -0.25) is 0 Å². The van der Waals surface area contributed by atoms with Gasteiger partial charge in [0.2, 0.25) is 5.95 Å². The molecule has 0 bridgehead atoms. The van der Waals surface area contributed by atoms with Gasteiger partial charge in [-0.2, -0.15) is 10.1 Å². The van der Waals surface area contributed by atoms with Crippen molar-refractivity contribution in [1.82, 2.24) is 29.3 Å². The lowest BCUT2D eigenvalue weighted by molar-refractivity contribution is 0.746. The fourth-order valence-corrected chi connectivity index (χ4v) is 3.12. The highest BCUT2D eigenvalue weighted by Crippen LogP contribution is 2.18. The van der Waals surface area contributed by atoms with E-state index in [1.165, 1.54) is 0 Å². The Balaban J connectivity index is 1.64. The first kappa shape index (κ1) is 16.3. The van der Waals surface area contributed by atoms with Crippen molar-refractivity contribution in [2.75, 3.05) is 11.9 Å². The molecule has 7 nitrogen and oxygen atoms in total. The normalized spacial score (nSPS) is 11.2. The zero-order chi connectivity index (χ0) is 18.3. The Kier molecular flexibility index (Phi) is 3.91. The molecule has 0 aliphatic carbocycles. The molecule has 0 fully saturated rings. The van der Waals surface area contributed by atoms with Crippen LogP contribution >= 0.6 is 0 Å². The van der Waals surface area contributed by atoms with E-state index < -0.39 is 0 Å². The Morgan fingerprint density at radius 1 is 1.08 bits per heavy atom. The third-order valence-corrected chi connectivity index (χ3v) is 4.45. The maximum atomic E-state index is 4.72. The molecule has 26 heavy (non-hydrogen) atoms. The molecule has 0 saturated carbocycles. The highest BCUT2D eigenvalue weighted by Gasteiger charge is 2.13. The summed E-state index contributed by atoms with van der Waals surface area (Å²) in [5, 5.41) is 4.50. The monoisotopic (exact) mass is 347 g/mol. The molecule has 132 valence electrons. The van der Waals surface area contributed by atoms with Crippen molar-refractivity contribution >= 4 is 17.0 Å². The second-order valence-corrected chi connectivity index (χ2v) is 6.49. The summed E-state index contributed by atoms with van der Waals surface area (Å²) in [6.07, 6.45) is 1.76. The van der Waals surface area contributed by atoms with Crippen molar-refractivity contribution in [2.24, 2.45) is 7.05 Å². The van der Waals surface area contributed by atoms with Gasteiger partial charge in [0.25, 0.3) is 0 Å². The first-order chi connectivity index (χ1) is 12.5. The van der Waals surface area contributed by atoms with Crippen LogP contribution in [-0.4, -0.2) is 36.3 Å². The Morgan fingerprint density at radius 3 is 2.62 bits per heavy atom. The van der Waals surface area contributed by atoms with Crippen molar-refractivity contribution in [3.8, 4) is 5.82 Å². The summed E-state index contributed by atoms with van der Waals surface area (Å²) in [6.45, 7) is 4.61. The minimum Gasteiger partial charge on any atom is -0.336 e. The number of nitrogens with zero attached hydrogens (tertiary/aromatic N) is 7. The molecule has 3 heterocycles. The Hall–Kier alpha value is -3.22. The molecule has 4 rings (SSSR count). The van der Waals surface area contributed by atoms with Crippen LogP contribution in [-0.2, 0) is 13.6 Å². The van der Waals surface area contributed by atoms with Crippen molar-refractivity contribution in [3.05, 3.63) is 59.8 Å². The molecule has 0 N–H and O–H groups in total. The Bertz CT molecular complexity index is 1080. The van der Waals surface area contributed by atoms with Gasteiger partial charge in [0.05, 0.1) is 23.3 Å². The lowest BCUT2D eigenvalue weighted by atomic mass is 10.3. The van der Waals surface area contributed by atoms with Gasteiger partial charge in [-0.1, -0.05) is 12.1 Å². The van der Waals surface area contributed by atoms with Gasteiger partial charge in [-0.05, 0) is 32.0 Å². The fraction of sp³-hybridized carbons (Fsp3) is 0.263. The first-order valence-corrected chi connectivity index (χ1v) is 8.51. The van der Waals surface area contributed by atoms with Crippen LogP contribution in [0.25, 0.3) is 16.9 Å². The first-order valence-electron chi connectivity index (χ1n) is 8.51. The van der Waals surface area contributed by atoms with Crippen LogP contribution in [0.15, 0.2) is 42.6 Å². The van der Waals surface area contributed by atoms with Crippen molar-refractivity contribution < 1.29 is 0 Å². The van der Waals surface area contributed by atoms with Gasteiger partial charge < -0.3 is 9.47 Å².